The van der Waals surface area contributed by atoms with E-state index in [1.807, 2.05) is 81.4 Å². The molecule has 0 atom stereocenters. The van der Waals surface area contributed by atoms with Gasteiger partial charge in [0.25, 0.3) is 0 Å². The summed E-state index contributed by atoms with van der Waals surface area (Å²) in [5, 5.41) is 11.3. The van der Waals surface area contributed by atoms with Gasteiger partial charge in [-0.05, 0) is 11.1 Å². The molecule has 1 N–H and O–H groups in total. The highest BCUT2D eigenvalue weighted by molar-refractivity contribution is 5.85. The predicted molar refractivity (Wildman–Crippen MR) is 85.0 cm³/mol. The van der Waals surface area contributed by atoms with Crippen molar-refractivity contribution in [3.05, 3.63) is 71.8 Å². The van der Waals surface area contributed by atoms with E-state index in [1.165, 1.54) is 0 Å². The first kappa shape index (κ1) is 15.5. The second kappa shape index (κ2) is 5.82. The largest absolute Gasteiger partial charge is 0.380 e. The highest BCUT2D eigenvalue weighted by Crippen LogP contribution is 2.35. The number of hydrogen-bond acceptors (Lipinski definition) is 2. The van der Waals surface area contributed by atoms with E-state index >= 15 is 0 Å². The van der Waals surface area contributed by atoms with E-state index in [2.05, 4.69) is 0 Å². The normalized spacial score (nSPS) is 12.2. The maximum absolute atomic E-state index is 12.5. The molecule has 0 aliphatic rings. The van der Waals surface area contributed by atoms with Gasteiger partial charge in [0, 0.05) is 11.8 Å². The summed E-state index contributed by atoms with van der Waals surface area (Å²) < 4.78 is 0. The van der Waals surface area contributed by atoms with Crippen molar-refractivity contribution in [2.24, 2.45) is 5.41 Å². The van der Waals surface area contributed by atoms with Crippen LogP contribution < -0.4 is 0 Å². The Hall–Kier alpha value is -1.93. The first-order valence-corrected chi connectivity index (χ1v) is 7.21. The summed E-state index contributed by atoms with van der Waals surface area (Å²) in [7, 11) is 0. The summed E-state index contributed by atoms with van der Waals surface area (Å²) in [5.41, 5.74) is -0.271. The fourth-order valence-electron chi connectivity index (χ4n) is 2.30. The second-order valence-corrected chi connectivity index (χ2v) is 6.44. The minimum Gasteiger partial charge on any atom is -0.380 e. The molecule has 0 radical (unpaired) electrons. The van der Waals surface area contributed by atoms with Crippen molar-refractivity contribution in [2.45, 2.75) is 32.8 Å². The molecule has 2 rings (SSSR count). The second-order valence-electron chi connectivity index (χ2n) is 6.44. The first-order chi connectivity index (χ1) is 9.84. The number of carbonyl (C=O) groups excluding carboxylic acids is 1. The SMILES string of the molecule is CC(C)(C)C(=O)CC(O)(c1ccccc1)c1ccccc1. The van der Waals surface area contributed by atoms with Crippen LogP contribution in [0.4, 0.5) is 0 Å². The molecule has 0 aliphatic carbocycles. The van der Waals surface area contributed by atoms with Crippen molar-refractivity contribution in [3.8, 4) is 0 Å². The zero-order valence-corrected chi connectivity index (χ0v) is 12.8. The molecule has 2 aromatic carbocycles. The molecule has 2 aromatic rings. The fourth-order valence-corrected chi connectivity index (χ4v) is 2.30. The van der Waals surface area contributed by atoms with Crippen LogP contribution in [-0.4, -0.2) is 10.9 Å². The molecule has 0 fully saturated rings. The van der Waals surface area contributed by atoms with Gasteiger partial charge in [0.15, 0.2) is 0 Å². The van der Waals surface area contributed by atoms with E-state index in [9.17, 15) is 9.90 Å². The van der Waals surface area contributed by atoms with Crippen LogP contribution in [0.5, 0.6) is 0 Å². The Labute approximate surface area is 126 Å². The Kier molecular flexibility index (Phi) is 4.29. The highest BCUT2D eigenvalue weighted by atomic mass is 16.3. The summed E-state index contributed by atoms with van der Waals surface area (Å²) in [6, 6.07) is 18.8. The van der Waals surface area contributed by atoms with Gasteiger partial charge in [0.05, 0.1) is 0 Å². The number of aliphatic hydroxyl groups is 1. The molecule has 0 aliphatic heterocycles. The molecule has 0 saturated carbocycles. The van der Waals surface area contributed by atoms with Crippen molar-refractivity contribution < 1.29 is 9.90 Å². The summed E-state index contributed by atoms with van der Waals surface area (Å²) in [6.45, 7) is 5.64. The van der Waals surface area contributed by atoms with Crippen molar-refractivity contribution in [1.82, 2.24) is 0 Å². The molecular formula is C19H22O2. The monoisotopic (exact) mass is 282 g/mol. The van der Waals surface area contributed by atoms with Gasteiger partial charge < -0.3 is 5.11 Å². The molecule has 2 nitrogen and oxygen atoms in total. The van der Waals surface area contributed by atoms with Crippen LogP contribution in [-0.2, 0) is 10.4 Å². The van der Waals surface area contributed by atoms with E-state index in [0.717, 1.165) is 11.1 Å². The van der Waals surface area contributed by atoms with Crippen molar-refractivity contribution in [3.63, 3.8) is 0 Å². The minimum absolute atomic E-state index is 0.0395. The third-order valence-electron chi connectivity index (χ3n) is 3.76. The maximum atomic E-state index is 12.5. The lowest BCUT2D eigenvalue weighted by Crippen LogP contribution is -2.34. The molecular weight excluding hydrogens is 260 g/mol. The van der Waals surface area contributed by atoms with E-state index in [0.29, 0.717) is 0 Å². The van der Waals surface area contributed by atoms with Gasteiger partial charge in [0.2, 0.25) is 0 Å². The average molecular weight is 282 g/mol. The van der Waals surface area contributed by atoms with Gasteiger partial charge in [-0.3, -0.25) is 4.79 Å². The molecule has 2 heteroatoms. The van der Waals surface area contributed by atoms with Gasteiger partial charge in [-0.25, -0.2) is 0 Å². The molecule has 0 aromatic heterocycles. The molecule has 110 valence electrons. The fraction of sp³-hybridized carbons (Fsp3) is 0.316. The van der Waals surface area contributed by atoms with Crippen LogP contribution in [0.1, 0.15) is 38.3 Å². The molecule has 0 heterocycles. The minimum atomic E-state index is -1.28. The predicted octanol–water partition coefficient (Wildman–Crippen LogP) is 3.93. The zero-order valence-electron chi connectivity index (χ0n) is 12.8. The van der Waals surface area contributed by atoms with E-state index in [1.54, 1.807) is 0 Å². The number of hydrogen-bond donors (Lipinski definition) is 1. The lowest BCUT2D eigenvalue weighted by atomic mass is 9.77. The van der Waals surface area contributed by atoms with Crippen LogP contribution >= 0.6 is 0 Å². The smallest absolute Gasteiger partial charge is 0.141 e. The standard InChI is InChI=1S/C19H22O2/c1-18(2,3)17(20)14-19(21,15-10-6-4-7-11-15)16-12-8-5-9-13-16/h4-13,21H,14H2,1-3H3. The Balaban J connectivity index is 2.48. The summed E-state index contributed by atoms with van der Waals surface area (Å²) in [4.78, 5) is 12.5. The van der Waals surface area contributed by atoms with E-state index in [-0.39, 0.29) is 12.2 Å². The number of Topliss-reactive ketones (excluding diaryl/α,β-unsaturated/α-hetero) is 1. The van der Waals surface area contributed by atoms with Gasteiger partial charge in [-0.15, -0.1) is 0 Å². The quantitative estimate of drug-likeness (QED) is 0.922. The molecule has 0 spiro atoms. The van der Waals surface area contributed by atoms with Crippen molar-refractivity contribution in [2.75, 3.05) is 0 Å². The molecule has 21 heavy (non-hydrogen) atoms. The number of benzene rings is 2. The summed E-state index contributed by atoms with van der Waals surface area (Å²) in [6.07, 6.45) is 0.0739. The number of carbonyl (C=O) groups is 1. The Bertz CT molecular complexity index is 555. The number of ketones is 1. The highest BCUT2D eigenvalue weighted by Gasteiger charge is 2.37. The molecule has 0 amide bonds. The van der Waals surface area contributed by atoms with Crippen molar-refractivity contribution in [1.29, 1.82) is 0 Å². The van der Waals surface area contributed by atoms with Gasteiger partial charge >= 0.3 is 0 Å². The first-order valence-electron chi connectivity index (χ1n) is 7.21. The lowest BCUT2D eigenvalue weighted by Gasteiger charge is -2.31. The third kappa shape index (κ3) is 3.40. The van der Waals surface area contributed by atoms with Gasteiger partial charge in [-0.1, -0.05) is 81.4 Å². The van der Waals surface area contributed by atoms with Gasteiger partial charge in [0.1, 0.15) is 11.4 Å². The molecule has 0 bridgehead atoms. The zero-order chi connectivity index (χ0) is 15.5. The summed E-state index contributed by atoms with van der Waals surface area (Å²) >= 11 is 0. The van der Waals surface area contributed by atoms with E-state index < -0.39 is 11.0 Å². The van der Waals surface area contributed by atoms with Crippen LogP contribution in [0, 0.1) is 5.41 Å². The molecule has 0 saturated heterocycles. The van der Waals surface area contributed by atoms with E-state index in [4.69, 9.17) is 0 Å². The Morgan fingerprint density at radius 1 is 0.857 bits per heavy atom. The average Bonchev–Trinajstić information content (AvgIpc) is 2.48. The Morgan fingerprint density at radius 2 is 1.24 bits per heavy atom. The molecule has 0 unspecified atom stereocenters. The number of rotatable bonds is 4. The Morgan fingerprint density at radius 3 is 1.57 bits per heavy atom. The van der Waals surface area contributed by atoms with Crippen molar-refractivity contribution >= 4 is 5.78 Å². The maximum Gasteiger partial charge on any atom is 0.141 e. The van der Waals surface area contributed by atoms with Crippen LogP contribution in [0.2, 0.25) is 0 Å². The lowest BCUT2D eigenvalue weighted by molar-refractivity contribution is -0.130. The summed E-state index contributed by atoms with van der Waals surface area (Å²) in [5.74, 6) is 0.0395. The van der Waals surface area contributed by atoms with Gasteiger partial charge in [-0.2, -0.15) is 0 Å². The van der Waals surface area contributed by atoms with Crippen LogP contribution in [0.25, 0.3) is 0 Å². The van der Waals surface area contributed by atoms with Crippen LogP contribution in [0.15, 0.2) is 60.7 Å². The topological polar surface area (TPSA) is 37.3 Å². The third-order valence-corrected chi connectivity index (χ3v) is 3.76. The van der Waals surface area contributed by atoms with Crippen LogP contribution in [0.3, 0.4) is 0 Å².